The number of hydrogen-bond donors (Lipinski definition) is 1. The molecular formula is C10H9N2O4S+. The lowest BCUT2D eigenvalue weighted by molar-refractivity contribution is -0.415. The number of urea groups is 1. The Balaban J connectivity index is 2.35. The van der Waals surface area contributed by atoms with Gasteiger partial charge in [-0.2, -0.15) is 17.8 Å². The van der Waals surface area contributed by atoms with E-state index >= 15 is 0 Å². The van der Waals surface area contributed by atoms with E-state index in [0.717, 1.165) is 0 Å². The Morgan fingerprint density at radius 2 is 2.06 bits per heavy atom. The molecule has 0 spiro atoms. The third-order valence-electron chi connectivity index (χ3n) is 2.67. The smallest absolute Gasteiger partial charge is 0.457 e. The van der Waals surface area contributed by atoms with Crippen molar-refractivity contribution >= 4 is 22.0 Å². The standard InChI is InChI=1S/C10H8N2O4S/c13-10-11-17(14,15)8-4-2-1-3-7(8)9-12(10)5-6-16-9/h1-4H,5-6H2/p+1. The molecule has 1 aromatic rings. The zero-order chi connectivity index (χ0) is 12.0. The number of carbonyl (C=O) groups is 1. The number of ether oxygens (including phenoxy) is 1. The van der Waals surface area contributed by atoms with Gasteiger partial charge in [-0.3, -0.25) is 0 Å². The van der Waals surface area contributed by atoms with Gasteiger partial charge in [0.25, 0.3) is 5.90 Å². The lowest BCUT2D eigenvalue weighted by atomic mass is 10.2. The second-order valence-electron chi connectivity index (χ2n) is 3.71. The van der Waals surface area contributed by atoms with Gasteiger partial charge in [-0.1, -0.05) is 12.1 Å². The molecule has 0 saturated heterocycles. The van der Waals surface area contributed by atoms with Gasteiger partial charge in [-0.15, -0.1) is 4.72 Å². The van der Waals surface area contributed by atoms with Crippen molar-refractivity contribution in [3.63, 3.8) is 0 Å². The Hall–Kier alpha value is -1.89. The lowest BCUT2D eigenvalue weighted by Crippen LogP contribution is -2.36. The van der Waals surface area contributed by atoms with Gasteiger partial charge in [0.1, 0.15) is 18.0 Å². The van der Waals surface area contributed by atoms with E-state index in [9.17, 15) is 13.2 Å². The summed E-state index contributed by atoms with van der Waals surface area (Å²) in [6.45, 7) is 0.724. The summed E-state index contributed by atoms with van der Waals surface area (Å²) in [7, 11) is -3.81. The molecule has 2 aliphatic heterocycles. The van der Waals surface area contributed by atoms with Crippen LogP contribution < -0.4 is 4.72 Å². The van der Waals surface area contributed by atoms with Gasteiger partial charge in [0.2, 0.25) is 0 Å². The van der Waals surface area contributed by atoms with E-state index in [1.165, 1.54) is 10.6 Å². The maximum absolute atomic E-state index is 11.9. The molecule has 2 aliphatic rings. The van der Waals surface area contributed by atoms with Gasteiger partial charge in [0, 0.05) is 0 Å². The number of fused-ring (bicyclic) bond motifs is 2. The number of amides is 2. The molecule has 7 heteroatoms. The fraction of sp³-hybridized carbons (Fsp3) is 0.200. The number of nitrogens with one attached hydrogen (secondary N) is 1. The SMILES string of the molecule is O=C1NS(=O)(=O)c2ccccc2C2=[N+]1CCO2. The quantitative estimate of drug-likeness (QED) is 0.654. The monoisotopic (exact) mass is 253 g/mol. The van der Waals surface area contributed by atoms with Gasteiger partial charge in [-0.25, -0.2) is 0 Å². The predicted molar refractivity (Wildman–Crippen MR) is 57.3 cm³/mol. The molecule has 2 heterocycles. The van der Waals surface area contributed by atoms with Gasteiger partial charge >= 0.3 is 16.1 Å². The van der Waals surface area contributed by atoms with E-state index in [2.05, 4.69) is 0 Å². The van der Waals surface area contributed by atoms with E-state index in [0.29, 0.717) is 24.6 Å². The Labute approximate surface area is 97.6 Å². The van der Waals surface area contributed by atoms with Gasteiger partial charge in [0.15, 0.2) is 0 Å². The fourth-order valence-corrected chi connectivity index (χ4v) is 3.09. The maximum atomic E-state index is 11.9. The highest BCUT2D eigenvalue weighted by Crippen LogP contribution is 2.21. The highest BCUT2D eigenvalue weighted by atomic mass is 32.2. The molecule has 0 radical (unpaired) electrons. The van der Waals surface area contributed by atoms with Crippen LogP contribution in [0.4, 0.5) is 4.79 Å². The van der Waals surface area contributed by atoms with Crippen LogP contribution in [0, 0.1) is 0 Å². The topological polar surface area (TPSA) is 75.5 Å². The Bertz CT molecular complexity index is 648. The van der Waals surface area contributed by atoms with Crippen LogP contribution in [0.2, 0.25) is 0 Å². The summed E-state index contributed by atoms with van der Waals surface area (Å²) in [5.74, 6) is 0.305. The van der Waals surface area contributed by atoms with Crippen LogP contribution in [0.1, 0.15) is 5.56 Å². The van der Waals surface area contributed by atoms with Crippen molar-refractivity contribution in [3.8, 4) is 0 Å². The highest BCUT2D eigenvalue weighted by molar-refractivity contribution is 7.90. The van der Waals surface area contributed by atoms with Crippen molar-refractivity contribution in [1.29, 1.82) is 0 Å². The molecule has 1 N–H and O–H groups in total. The average Bonchev–Trinajstić information content (AvgIpc) is 2.74. The second-order valence-corrected chi connectivity index (χ2v) is 5.36. The average molecular weight is 253 g/mol. The van der Waals surface area contributed by atoms with Crippen LogP contribution in [0.5, 0.6) is 0 Å². The van der Waals surface area contributed by atoms with E-state index in [1.807, 2.05) is 4.72 Å². The van der Waals surface area contributed by atoms with Crippen molar-refractivity contribution in [2.24, 2.45) is 0 Å². The van der Waals surface area contributed by atoms with Gasteiger partial charge in [-0.05, 0) is 12.1 Å². The number of benzene rings is 1. The summed E-state index contributed by atoms with van der Waals surface area (Å²) in [6, 6.07) is 5.71. The van der Waals surface area contributed by atoms with Crippen molar-refractivity contribution in [2.75, 3.05) is 13.2 Å². The third-order valence-corrected chi connectivity index (χ3v) is 4.05. The number of hydrogen-bond acceptors (Lipinski definition) is 4. The minimum absolute atomic E-state index is 0.0627. The minimum Gasteiger partial charge on any atom is -0.457 e. The minimum atomic E-state index is -3.81. The molecule has 17 heavy (non-hydrogen) atoms. The second kappa shape index (κ2) is 3.30. The summed E-state index contributed by atoms with van der Waals surface area (Å²) in [5.41, 5.74) is 0.420. The van der Waals surface area contributed by atoms with Crippen LogP contribution in [-0.2, 0) is 14.8 Å². The first-order valence-electron chi connectivity index (χ1n) is 5.03. The summed E-state index contributed by atoms with van der Waals surface area (Å²) in [6.07, 6.45) is 0. The van der Waals surface area contributed by atoms with Crippen LogP contribution in [0.25, 0.3) is 0 Å². The summed E-state index contributed by atoms with van der Waals surface area (Å²) in [5, 5.41) is 0. The molecule has 3 rings (SSSR count). The summed E-state index contributed by atoms with van der Waals surface area (Å²) < 4.78 is 32.5. The van der Waals surface area contributed by atoms with Crippen molar-refractivity contribution in [2.45, 2.75) is 4.90 Å². The molecular weight excluding hydrogens is 244 g/mol. The zero-order valence-corrected chi connectivity index (χ0v) is 9.53. The molecule has 88 valence electrons. The van der Waals surface area contributed by atoms with Crippen molar-refractivity contribution in [1.82, 2.24) is 4.72 Å². The molecule has 0 aliphatic carbocycles. The van der Waals surface area contributed by atoms with E-state index < -0.39 is 16.1 Å². The molecule has 1 aromatic carbocycles. The largest absolute Gasteiger partial charge is 0.509 e. The molecule has 6 nitrogen and oxygen atoms in total. The summed E-state index contributed by atoms with van der Waals surface area (Å²) in [4.78, 5) is 11.8. The number of sulfonamides is 1. The Morgan fingerprint density at radius 1 is 1.29 bits per heavy atom. The van der Waals surface area contributed by atoms with Crippen LogP contribution in [0.15, 0.2) is 29.2 Å². The number of rotatable bonds is 0. The first-order chi connectivity index (χ1) is 8.09. The highest BCUT2D eigenvalue weighted by Gasteiger charge is 2.40. The molecule has 0 aromatic heterocycles. The zero-order valence-electron chi connectivity index (χ0n) is 8.71. The molecule has 0 fully saturated rings. The first-order valence-corrected chi connectivity index (χ1v) is 6.51. The van der Waals surface area contributed by atoms with Crippen molar-refractivity contribution in [3.05, 3.63) is 29.8 Å². The normalized spacial score (nSPS) is 21.1. The molecule has 0 saturated carbocycles. The van der Waals surface area contributed by atoms with Gasteiger partial charge in [0.05, 0.1) is 5.56 Å². The Morgan fingerprint density at radius 3 is 2.88 bits per heavy atom. The van der Waals surface area contributed by atoms with E-state index in [1.54, 1.807) is 18.2 Å². The van der Waals surface area contributed by atoms with Crippen LogP contribution in [-0.4, -0.2) is 38.1 Å². The maximum Gasteiger partial charge on any atom is 0.509 e. The molecule has 0 atom stereocenters. The van der Waals surface area contributed by atoms with Crippen LogP contribution >= 0.6 is 0 Å². The van der Waals surface area contributed by atoms with E-state index in [-0.39, 0.29) is 4.90 Å². The number of nitrogens with zero attached hydrogens (tertiary/aromatic N) is 1. The number of carbonyl (C=O) groups excluding carboxylic acids is 1. The lowest BCUT2D eigenvalue weighted by Gasteiger charge is -2.02. The predicted octanol–water partition coefficient (Wildman–Crippen LogP) is -0.112. The van der Waals surface area contributed by atoms with Crippen LogP contribution in [0.3, 0.4) is 0 Å². The molecule has 2 amide bonds. The molecule has 0 bridgehead atoms. The molecule has 0 unspecified atom stereocenters. The van der Waals surface area contributed by atoms with E-state index in [4.69, 9.17) is 4.74 Å². The summed E-state index contributed by atoms with van der Waals surface area (Å²) >= 11 is 0. The first kappa shape index (κ1) is 10.3. The fourth-order valence-electron chi connectivity index (χ4n) is 1.93. The van der Waals surface area contributed by atoms with Crippen molar-refractivity contribution < 1.29 is 22.5 Å². The van der Waals surface area contributed by atoms with Gasteiger partial charge < -0.3 is 4.74 Å². The Kier molecular flexibility index (Phi) is 1.99. The third kappa shape index (κ3) is 1.42.